The summed E-state index contributed by atoms with van der Waals surface area (Å²) in [6.07, 6.45) is 8.18. The number of benzene rings is 2. The summed E-state index contributed by atoms with van der Waals surface area (Å²) < 4.78 is 1.93. The zero-order valence-electron chi connectivity index (χ0n) is 14.5. The SMILES string of the molecule is Cc1cnn(Cc2nc(-c3cccc(/C=C/c4ccccc4)c3)cs2)c1. The lowest BCUT2D eigenvalue weighted by Gasteiger charge is -2.00. The molecular formula is C22H19N3S. The van der Waals surface area contributed by atoms with Gasteiger partial charge < -0.3 is 0 Å². The molecule has 2 heterocycles. The van der Waals surface area contributed by atoms with Crippen molar-refractivity contribution in [2.24, 2.45) is 0 Å². The number of hydrogen-bond acceptors (Lipinski definition) is 3. The van der Waals surface area contributed by atoms with Crippen LogP contribution in [-0.2, 0) is 6.54 Å². The standard InChI is InChI=1S/C22H19N3S/c1-17-13-23-25(14-17)15-22-24-21(16-26-22)20-9-5-8-19(12-20)11-10-18-6-3-2-4-7-18/h2-14,16H,15H2,1H3/b11-10+. The summed E-state index contributed by atoms with van der Waals surface area (Å²) in [5.41, 5.74) is 5.69. The molecule has 0 N–H and O–H groups in total. The first-order valence-corrected chi connectivity index (χ1v) is 9.41. The molecule has 4 rings (SSSR count). The largest absolute Gasteiger partial charge is 0.266 e. The van der Waals surface area contributed by atoms with Crippen molar-refractivity contribution < 1.29 is 0 Å². The molecule has 0 aliphatic heterocycles. The van der Waals surface area contributed by atoms with E-state index in [1.807, 2.05) is 42.2 Å². The maximum atomic E-state index is 4.78. The zero-order valence-corrected chi connectivity index (χ0v) is 15.4. The van der Waals surface area contributed by atoms with Crippen molar-refractivity contribution in [2.75, 3.05) is 0 Å². The zero-order chi connectivity index (χ0) is 17.8. The van der Waals surface area contributed by atoms with Gasteiger partial charge in [-0.2, -0.15) is 5.10 Å². The van der Waals surface area contributed by atoms with Gasteiger partial charge in [0.05, 0.1) is 18.4 Å². The maximum Gasteiger partial charge on any atom is 0.115 e. The highest BCUT2D eigenvalue weighted by atomic mass is 32.1. The van der Waals surface area contributed by atoms with Crippen LogP contribution in [0.15, 0.2) is 72.4 Å². The molecule has 0 amide bonds. The lowest BCUT2D eigenvalue weighted by molar-refractivity contribution is 0.683. The fourth-order valence-corrected chi connectivity index (χ4v) is 3.56. The second-order valence-corrected chi connectivity index (χ2v) is 7.15. The highest BCUT2D eigenvalue weighted by molar-refractivity contribution is 7.09. The predicted molar refractivity (Wildman–Crippen MR) is 109 cm³/mol. The van der Waals surface area contributed by atoms with Crippen LogP contribution in [0.5, 0.6) is 0 Å². The summed E-state index contributed by atoms with van der Waals surface area (Å²) in [6, 6.07) is 18.8. The van der Waals surface area contributed by atoms with Crippen molar-refractivity contribution in [3.8, 4) is 11.3 Å². The molecule has 0 aliphatic carbocycles. The van der Waals surface area contributed by atoms with E-state index in [1.165, 1.54) is 16.7 Å². The Labute approximate surface area is 157 Å². The third kappa shape index (κ3) is 3.98. The Hall–Kier alpha value is -2.98. The summed E-state index contributed by atoms with van der Waals surface area (Å²) in [4.78, 5) is 4.78. The predicted octanol–water partition coefficient (Wildman–Crippen LogP) is 5.53. The summed E-state index contributed by atoms with van der Waals surface area (Å²) in [6.45, 7) is 2.76. The number of aryl methyl sites for hydroxylation is 1. The Morgan fingerprint density at radius 1 is 1.00 bits per heavy atom. The van der Waals surface area contributed by atoms with Crippen LogP contribution in [0, 0.1) is 6.92 Å². The Kier molecular flexibility index (Phi) is 4.75. The molecule has 26 heavy (non-hydrogen) atoms. The molecule has 0 bridgehead atoms. The minimum absolute atomic E-state index is 0.714. The van der Waals surface area contributed by atoms with Crippen molar-refractivity contribution in [1.82, 2.24) is 14.8 Å². The van der Waals surface area contributed by atoms with Gasteiger partial charge in [-0.25, -0.2) is 4.98 Å². The second-order valence-electron chi connectivity index (χ2n) is 6.21. The fraction of sp³-hybridized carbons (Fsp3) is 0.0909. The molecule has 4 heteroatoms. The molecule has 2 aromatic heterocycles. The van der Waals surface area contributed by atoms with Crippen molar-refractivity contribution in [3.05, 3.63) is 94.1 Å². The van der Waals surface area contributed by atoms with E-state index >= 15 is 0 Å². The maximum absolute atomic E-state index is 4.78. The highest BCUT2D eigenvalue weighted by Gasteiger charge is 2.06. The van der Waals surface area contributed by atoms with Crippen LogP contribution in [0.25, 0.3) is 23.4 Å². The third-order valence-corrected chi connectivity index (χ3v) is 4.90. The number of thiazole rings is 1. The van der Waals surface area contributed by atoms with Gasteiger partial charge in [0.25, 0.3) is 0 Å². The van der Waals surface area contributed by atoms with Crippen LogP contribution in [0.3, 0.4) is 0 Å². The van der Waals surface area contributed by atoms with Gasteiger partial charge >= 0.3 is 0 Å². The van der Waals surface area contributed by atoms with Gasteiger partial charge in [-0.1, -0.05) is 60.7 Å². The van der Waals surface area contributed by atoms with Gasteiger partial charge in [-0.15, -0.1) is 11.3 Å². The molecule has 0 unspecified atom stereocenters. The molecule has 0 saturated heterocycles. The number of nitrogens with zero attached hydrogens (tertiary/aromatic N) is 3. The van der Waals surface area contributed by atoms with Crippen molar-refractivity contribution >= 4 is 23.5 Å². The lowest BCUT2D eigenvalue weighted by atomic mass is 10.1. The number of aromatic nitrogens is 3. The Balaban J connectivity index is 1.52. The summed E-state index contributed by atoms with van der Waals surface area (Å²) in [5.74, 6) is 0. The Bertz CT molecular complexity index is 1030. The first-order chi connectivity index (χ1) is 12.8. The smallest absolute Gasteiger partial charge is 0.115 e. The monoisotopic (exact) mass is 357 g/mol. The molecule has 4 aromatic rings. The van der Waals surface area contributed by atoms with E-state index in [0.29, 0.717) is 6.54 Å². The first kappa shape index (κ1) is 16.5. The average molecular weight is 357 g/mol. The van der Waals surface area contributed by atoms with Crippen LogP contribution >= 0.6 is 11.3 Å². The fourth-order valence-electron chi connectivity index (χ4n) is 2.77. The molecule has 0 saturated carbocycles. The Morgan fingerprint density at radius 2 is 1.81 bits per heavy atom. The topological polar surface area (TPSA) is 30.7 Å². The van der Waals surface area contributed by atoms with Crippen LogP contribution in [-0.4, -0.2) is 14.8 Å². The van der Waals surface area contributed by atoms with Gasteiger partial charge in [0.1, 0.15) is 5.01 Å². The van der Waals surface area contributed by atoms with E-state index in [4.69, 9.17) is 4.98 Å². The van der Waals surface area contributed by atoms with Gasteiger partial charge in [0.15, 0.2) is 0 Å². The number of hydrogen-bond donors (Lipinski definition) is 0. The van der Waals surface area contributed by atoms with E-state index in [1.54, 1.807) is 11.3 Å². The molecule has 0 fully saturated rings. The van der Waals surface area contributed by atoms with E-state index in [0.717, 1.165) is 16.3 Å². The van der Waals surface area contributed by atoms with Gasteiger partial charge in [-0.3, -0.25) is 4.68 Å². The molecule has 0 aliphatic rings. The molecule has 0 atom stereocenters. The van der Waals surface area contributed by atoms with E-state index in [9.17, 15) is 0 Å². The molecular weight excluding hydrogens is 338 g/mol. The van der Waals surface area contributed by atoms with E-state index in [2.05, 4.69) is 59.0 Å². The van der Waals surface area contributed by atoms with E-state index in [-0.39, 0.29) is 0 Å². The van der Waals surface area contributed by atoms with Crippen LogP contribution in [0.1, 0.15) is 21.7 Å². The van der Waals surface area contributed by atoms with E-state index < -0.39 is 0 Å². The minimum Gasteiger partial charge on any atom is -0.266 e. The minimum atomic E-state index is 0.714. The van der Waals surface area contributed by atoms with Gasteiger partial charge in [-0.05, 0) is 29.7 Å². The third-order valence-electron chi connectivity index (χ3n) is 4.06. The quantitative estimate of drug-likeness (QED) is 0.439. The first-order valence-electron chi connectivity index (χ1n) is 8.53. The lowest BCUT2D eigenvalue weighted by Crippen LogP contribution is -1.99. The van der Waals surface area contributed by atoms with Crippen LogP contribution < -0.4 is 0 Å². The van der Waals surface area contributed by atoms with Gasteiger partial charge in [0, 0.05) is 17.1 Å². The molecule has 0 spiro atoms. The average Bonchev–Trinajstić information content (AvgIpc) is 3.30. The highest BCUT2D eigenvalue weighted by Crippen LogP contribution is 2.24. The molecule has 3 nitrogen and oxygen atoms in total. The summed E-state index contributed by atoms with van der Waals surface area (Å²) >= 11 is 1.67. The van der Waals surface area contributed by atoms with Crippen molar-refractivity contribution in [2.45, 2.75) is 13.5 Å². The second kappa shape index (κ2) is 7.50. The normalized spacial score (nSPS) is 11.3. The molecule has 0 radical (unpaired) electrons. The van der Waals surface area contributed by atoms with Crippen LogP contribution in [0.2, 0.25) is 0 Å². The van der Waals surface area contributed by atoms with Crippen LogP contribution in [0.4, 0.5) is 0 Å². The molecule has 2 aromatic carbocycles. The number of rotatable bonds is 5. The summed E-state index contributed by atoms with van der Waals surface area (Å²) in [7, 11) is 0. The summed E-state index contributed by atoms with van der Waals surface area (Å²) in [5, 5.41) is 7.51. The molecule has 128 valence electrons. The van der Waals surface area contributed by atoms with Crippen molar-refractivity contribution in [1.29, 1.82) is 0 Å². The van der Waals surface area contributed by atoms with Gasteiger partial charge in [0.2, 0.25) is 0 Å². The Morgan fingerprint density at radius 3 is 2.62 bits per heavy atom. The van der Waals surface area contributed by atoms with Crippen molar-refractivity contribution in [3.63, 3.8) is 0 Å².